The number of fused-ring (bicyclic) bond motifs is 3. The smallest absolute Gasteiger partial charge is 0.255 e. The number of benzene rings is 1. The molecule has 0 radical (unpaired) electrons. The predicted octanol–water partition coefficient (Wildman–Crippen LogP) is 1.86. The standard InChI is InChI=1S/C28H34N2O8/c1-27(2,3)16-11-14(17(31)6-7-30(4)5)15-9-12-8-13-10-18(32)21(26(29)37)25(36)28(13,38)24(35)19(12)23(34)20(15)22(16)33/h11-13,33-34,36,38H,6-10H2,1-5H3,(H2,29,37). The highest BCUT2D eigenvalue weighted by molar-refractivity contribution is 6.22. The minimum atomic E-state index is -2.63. The predicted molar refractivity (Wildman–Crippen MR) is 138 cm³/mol. The molecule has 0 aliphatic heterocycles. The third-order valence-electron chi connectivity index (χ3n) is 7.96. The van der Waals surface area contributed by atoms with Crippen LogP contribution in [0.4, 0.5) is 0 Å². The van der Waals surface area contributed by atoms with Gasteiger partial charge in [0.25, 0.3) is 5.91 Å². The van der Waals surface area contributed by atoms with Crippen molar-refractivity contribution in [2.24, 2.45) is 17.6 Å². The molecule has 1 aromatic carbocycles. The monoisotopic (exact) mass is 526 g/mol. The first-order valence-electron chi connectivity index (χ1n) is 12.6. The summed E-state index contributed by atoms with van der Waals surface area (Å²) in [4.78, 5) is 53.3. The molecule has 38 heavy (non-hydrogen) atoms. The number of amides is 1. The number of carbonyl (C=O) groups excluding carboxylic acids is 4. The van der Waals surface area contributed by atoms with Crippen LogP contribution >= 0.6 is 0 Å². The third kappa shape index (κ3) is 4.03. The molecule has 6 N–H and O–H groups in total. The van der Waals surface area contributed by atoms with Crippen LogP contribution in [0.15, 0.2) is 23.0 Å². The normalized spacial score (nSPS) is 25.3. The van der Waals surface area contributed by atoms with Gasteiger partial charge < -0.3 is 31.1 Å². The molecule has 0 heterocycles. The Morgan fingerprint density at radius 2 is 1.76 bits per heavy atom. The number of rotatable bonds is 5. The number of nitrogens with zero attached hydrogens (tertiary/aromatic N) is 1. The Hall–Kier alpha value is -3.50. The van der Waals surface area contributed by atoms with Gasteiger partial charge in [-0.1, -0.05) is 20.8 Å². The molecule has 10 heteroatoms. The molecular formula is C28H34N2O8. The Morgan fingerprint density at radius 3 is 2.32 bits per heavy atom. The van der Waals surface area contributed by atoms with Crippen molar-refractivity contribution in [1.29, 1.82) is 0 Å². The van der Waals surface area contributed by atoms with E-state index in [4.69, 9.17) is 5.73 Å². The second kappa shape index (κ2) is 9.06. The average Bonchev–Trinajstić information content (AvgIpc) is 2.78. The van der Waals surface area contributed by atoms with Crippen molar-refractivity contribution in [2.75, 3.05) is 20.6 Å². The van der Waals surface area contributed by atoms with Gasteiger partial charge in [-0.05, 0) is 49.9 Å². The molecule has 3 aliphatic rings. The molecule has 0 saturated heterocycles. The van der Waals surface area contributed by atoms with Crippen molar-refractivity contribution < 1.29 is 39.6 Å². The zero-order valence-electron chi connectivity index (χ0n) is 22.2. The minimum Gasteiger partial charge on any atom is -0.508 e. The van der Waals surface area contributed by atoms with E-state index in [9.17, 15) is 39.6 Å². The number of hydrogen-bond donors (Lipinski definition) is 5. The van der Waals surface area contributed by atoms with Crippen LogP contribution in [0.5, 0.6) is 5.75 Å². The molecule has 3 aliphatic carbocycles. The third-order valence-corrected chi connectivity index (χ3v) is 7.96. The fraction of sp³-hybridized carbons (Fsp3) is 0.500. The van der Waals surface area contributed by atoms with E-state index in [1.54, 1.807) is 6.07 Å². The number of phenolic OH excluding ortho intramolecular Hbond substituents is 1. The van der Waals surface area contributed by atoms with Gasteiger partial charge in [0.15, 0.2) is 17.2 Å². The maximum Gasteiger partial charge on any atom is 0.255 e. The van der Waals surface area contributed by atoms with Crippen molar-refractivity contribution in [3.05, 3.63) is 45.2 Å². The van der Waals surface area contributed by atoms with Gasteiger partial charge in [-0.2, -0.15) is 0 Å². The summed E-state index contributed by atoms with van der Waals surface area (Å²) in [6.07, 6.45) is -0.101. The highest BCUT2D eigenvalue weighted by Gasteiger charge is 2.60. The van der Waals surface area contributed by atoms with E-state index >= 15 is 0 Å². The fourth-order valence-corrected chi connectivity index (χ4v) is 5.97. The molecule has 1 amide bonds. The van der Waals surface area contributed by atoms with Gasteiger partial charge in [0, 0.05) is 42.0 Å². The lowest BCUT2D eigenvalue weighted by molar-refractivity contribution is -0.147. The number of primary amides is 1. The molecule has 204 valence electrons. The SMILES string of the molecule is CN(C)CCC(=O)c1cc(C(C)(C)C)c(O)c2c1CC1CC3CC(=O)C(C(N)=O)=C(O)C3(O)C(=O)C1=C2O. The lowest BCUT2D eigenvalue weighted by atomic mass is 9.59. The van der Waals surface area contributed by atoms with Gasteiger partial charge in [0.05, 0.1) is 5.56 Å². The number of phenols is 1. The Kier molecular flexibility index (Phi) is 6.56. The van der Waals surface area contributed by atoms with Crippen LogP contribution in [0.1, 0.15) is 67.1 Å². The van der Waals surface area contributed by atoms with Crippen LogP contribution in [0, 0.1) is 11.8 Å². The molecular weight excluding hydrogens is 492 g/mol. The summed E-state index contributed by atoms with van der Waals surface area (Å²) >= 11 is 0. The van der Waals surface area contributed by atoms with E-state index in [1.165, 1.54) is 0 Å². The van der Waals surface area contributed by atoms with Gasteiger partial charge in [0.2, 0.25) is 5.78 Å². The van der Waals surface area contributed by atoms with Crippen LogP contribution in [0.25, 0.3) is 5.76 Å². The maximum atomic E-state index is 13.7. The zero-order chi connectivity index (χ0) is 28.5. The molecule has 1 saturated carbocycles. The minimum absolute atomic E-state index is 0.00995. The van der Waals surface area contributed by atoms with Crippen molar-refractivity contribution >= 4 is 29.0 Å². The summed E-state index contributed by atoms with van der Waals surface area (Å²) < 4.78 is 0. The molecule has 4 rings (SSSR count). The highest BCUT2D eigenvalue weighted by Crippen LogP contribution is 2.53. The van der Waals surface area contributed by atoms with Gasteiger partial charge in [-0.3, -0.25) is 19.2 Å². The second-order valence-electron chi connectivity index (χ2n) is 11.8. The molecule has 0 aromatic heterocycles. The summed E-state index contributed by atoms with van der Waals surface area (Å²) in [5.74, 6) is -7.05. The van der Waals surface area contributed by atoms with E-state index in [1.807, 2.05) is 39.8 Å². The van der Waals surface area contributed by atoms with Gasteiger partial charge >= 0.3 is 0 Å². The molecule has 3 unspecified atom stereocenters. The Bertz CT molecular complexity index is 1350. The fourth-order valence-electron chi connectivity index (χ4n) is 5.97. The van der Waals surface area contributed by atoms with Crippen LogP contribution in [0.3, 0.4) is 0 Å². The summed E-state index contributed by atoms with van der Waals surface area (Å²) in [7, 11) is 3.68. The first-order valence-corrected chi connectivity index (χ1v) is 12.6. The molecule has 0 spiro atoms. The largest absolute Gasteiger partial charge is 0.508 e. The molecule has 10 nitrogen and oxygen atoms in total. The van der Waals surface area contributed by atoms with Gasteiger partial charge in [0.1, 0.15) is 22.8 Å². The van der Waals surface area contributed by atoms with Crippen LogP contribution in [0.2, 0.25) is 0 Å². The Labute approximate surface area is 220 Å². The topological polar surface area (TPSA) is 178 Å². The molecule has 1 fully saturated rings. The summed E-state index contributed by atoms with van der Waals surface area (Å²) in [6.45, 7) is 6.00. The highest BCUT2D eigenvalue weighted by atomic mass is 16.3. The van der Waals surface area contributed by atoms with Crippen LogP contribution < -0.4 is 5.73 Å². The van der Waals surface area contributed by atoms with E-state index in [0.29, 0.717) is 23.2 Å². The average molecular weight is 527 g/mol. The maximum absolute atomic E-state index is 13.7. The first kappa shape index (κ1) is 27.5. The van der Waals surface area contributed by atoms with Crippen LogP contribution in [-0.4, -0.2) is 74.8 Å². The molecule has 0 bridgehead atoms. The van der Waals surface area contributed by atoms with E-state index in [2.05, 4.69) is 0 Å². The molecule has 1 aromatic rings. The summed E-state index contributed by atoms with van der Waals surface area (Å²) in [5.41, 5.74) is 1.99. The quantitative estimate of drug-likeness (QED) is 0.283. The number of aliphatic hydroxyl groups is 3. The lowest BCUT2D eigenvalue weighted by Crippen LogP contribution is -2.58. The Morgan fingerprint density at radius 1 is 1.13 bits per heavy atom. The number of nitrogens with two attached hydrogens (primary N) is 1. The van der Waals surface area contributed by atoms with E-state index in [-0.39, 0.29) is 41.9 Å². The van der Waals surface area contributed by atoms with Crippen molar-refractivity contribution in [2.45, 2.75) is 57.5 Å². The zero-order valence-corrected chi connectivity index (χ0v) is 22.2. The Balaban J connectivity index is 1.96. The van der Waals surface area contributed by atoms with E-state index in [0.717, 1.165) is 0 Å². The van der Waals surface area contributed by atoms with Crippen molar-refractivity contribution in [3.63, 3.8) is 0 Å². The number of ketones is 3. The summed E-state index contributed by atoms with van der Waals surface area (Å²) in [5, 5.41) is 44.9. The van der Waals surface area contributed by atoms with Crippen molar-refractivity contribution in [3.8, 4) is 5.75 Å². The number of aromatic hydroxyl groups is 1. The van der Waals surface area contributed by atoms with Crippen LogP contribution in [-0.2, 0) is 26.2 Å². The summed E-state index contributed by atoms with van der Waals surface area (Å²) in [6, 6.07) is 1.64. The first-order chi connectivity index (χ1) is 17.5. The van der Waals surface area contributed by atoms with E-state index < -0.39 is 63.8 Å². The number of hydrogen-bond acceptors (Lipinski definition) is 9. The number of Topliss-reactive ketones (excluding diaryl/α,β-unsaturated/α-hetero) is 3. The van der Waals surface area contributed by atoms with Gasteiger partial charge in [-0.25, -0.2) is 0 Å². The second-order valence-corrected chi connectivity index (χ2v) is 11.8. The lowest BCUT2D eigenvalue weighted by Gasteiger charge is -2.46. The van der Waals surface area contributed by atoms with Gasteiger partial charge in [-0.15, -0.1) is 0 Å². The molecule has 3 atom stereocenters. The number of carbonyl (C=O) groups is 4. The van der Waals surface area contributed by atoms with Crippen molar-refractivity contribution in [1.82, 2.24) is 4.90 Å². The number of aliphatic hydroxyl groups excluding tert-OH is 2.